The Kier molecular flexibility index (Phi) is 4.12. The molecule has 0 spiro atoms. The molecule has 82 valence electrons. The molecule has 0 saturated carbocycles. The number of hydrogen-bond acceptors (Lipinski definition) is 4. The van der Waals surface area contributed by atoms with E-state index in [-0.39, 0.29) is 11.8 Å². The van der Waals surface area contributed by atoms with Gasteiger partial charge in [-0.05, 0) is 25.1 Å². The molecule has 0 fully saturated rings. The number of hydrogen-bond donors (Lipinski definition) is 2. The summed E-state index contributed by atoms with van der Waals surface area (Å²) in [5.74, 6) is 0.0852. The van der Waals surface area contributed by atoms with Gasteiger partial charge in [0.15, 0.2) is 6.29 Å². The van der Waals surface area contributed by atoms with Crippen LogP contribution < -0.4 is 5.32 Å². The number of methoxy groups -OCH3 is 1. The van der Waals surface area contributed by atoms with Crippen molar-refractivity contribution < 1.29 is 14.6 Å². The number of ether oxygens (including phenoxy) is 1. The quantitative estimate of drug-likeness (QED) is 0.572. The first-order valence-electron chi connectivity index (χ1n) is 4.71. The molecule has 0 aliphatic rings. The lowest BCUT2D eigenvalue weighted by Gasteiger charge is -2.15. The van der Waals surface area contributed by atoms with Gasteiger partial charge in [0.1, 0.15) is 5.75 Å². The summed E-state index contributed by atoms with van der Waals surface area (Å²) in [5, 5.41) is 12.3. The van der Waals surface area contributed by atoms with Gasteiger partial charge in [-0.1, -0.05) is 0 Å². The lowest BCUT2D eigenvalue weighted by Crippen LogP contribution is -2.21. The molecule has 0 saturated heterocycles. The van der Waals surface area contributed by atoms with E-state index in [4.69, 9.17) is 4.74 Å². The van der Waals surface area contributed by atoms with Gasteiger partial charge in [-0.25, -0.2) is 0 Å². The van der Waals surface area contributed by atoms with Crippen molar-refractivity contribution in [1.82, 2.24) is 0 Å². The molecule has 0 radical (unpaired) electrons. The van der Waals surface area contributed by atoms with Crippen molar-refractivity contribution in [1.29, 1.82) is 0 Å². The van der Waals surface area contributed by atoms with Crippen LogP contribution in [0.15, 0.2) is 18.2 Å². The second-order valence-electron chi connectivity index (χ2n) is 3.39. The first-order chi connectivity index (χ1) is 7.17. The van der Waals surface area contributed by atoms with E-state index < -0.39 is 0 Å². The minimum Gasteiger partial charge on any atom is -0.508 e. The Balaban J connectivity index is 2.80. The molecule has 1 atom stereocenters. The maximum absolute atomic E-state index is 10.7. The molecule has 0 amide bonds. The van der Waals surface area contributed by atoms with Crippen molar-refractivity contribution in [3.63, 3.8) is 0 Å². The van der Waals surface area contributed by atoms with Crippen LogP contribution in [-0.4, -0.2) is 31.2 Å². The molecule has 4 heteroatoms. The standard InChI is InChI=1S/C11H15NO3/c1-8(7-15-2)12-11-4-3-10(14)5-9(11)6-13/h3-6,8,12,14H,7H2,1-2H3/t8-/m0/s1. The molecule has 0 aliphatic carbocycles. The highest BCUT2D eigenvalue weighted by atomic mass is 16.5. The Morgan fingerprint density at radius 3 is 2.93 bits per heavy atom. The molecule has 15 heavy (non-hydrogen) atoms. The Labute approximate surface area is 88.9 Å². The topological polar surface area (TPSA) is 58.6 Å². The van der Waals surface area contributed by atoms with E-state index in [1.165, 1.54) is 12.1 Å². The third-order valence-electron chi connectivity index (χ3n) is 1.98. The maximum Gasteiger partial charge on any atom is 0.152 e. The van der Waals surface area contributed by atoms with Gasteiger partial charge in [-0.3, -0.25) is 4.79 Å². The van der Waals surface area contributed by atoms with Crippen LogP contribution in [0, 0.1) is 0 Å². The number of aldehydes is 1. The SMILES string of the molecule is COC[C@H](C)Nc1ccc(O)cc1C=O. The highest BCUT2D eigenvalue weighted by Crippen LogP contribution is 2.20. The summed E-state index contributed by atoms with van der Waals surface area (Å²) < 4.78 is 4.97. The lowest BCUT2D eigenvalue weighted by molar-refractivity contribution is 0.112. The number of phenolic OH excluding ortho intramolecular Hbond substituents is 1. The first-order valence-corrected chi connectivity index (χ1v) is 4.71. The number of phenols is 1. The minimum atomic E-state index is 0.0852. The number of aromatic hydroxyl groups is 1. The number of nitrogens with one attached hydrogen (secondary N) is 1. The normalized spacial score (nSPS) is 12.1. The Morgan fingerprint density at radius 1 is 1.60 bits per heavy atom. The molecule has 0 aliphatic heterocycles. The molecule has 1 rings (SSSR count). The van der Waals surface area contributed by atoms with E-state index in [0.29, 0.717) is 24.1 Å². The summed E-state index contributed by atoms with van der Waals surface area (Å²) in [6, 6.07) is 4.74. The van der Waals surface area contributed by atoms with Crippen LogP contribution in [0.25, 0.3) is 0 Å². The molecule has 4 nitrogen and oxygen atoms in total. The van der Waals surface area contributed by atoms with Crippen molar-refractivity contribution >= 4 is 12.0 Å². The van der Waals surface area contributed by atoms with Crippen molar-refractivity contribution in [3.8, 4) is 5.75 Å². The van der Waals surface area contributed by atoms with Gasteiger partial charge in [0, 0.05) is 24.4 Å². The van der Waals surface area contributed by atoms with E-state index in [9.17, 15) is 9.90 Å². The highest BCUT2D eigenvalue weighted by molar-refractivity contribution is 5.85. The third kappa shape index (κ3) is 3.25. The van der Waals surface area contributed by atoms with Gasteiger partial charge in [0.2, 0.25) is 0 Å². The van der Waals surface area contributed by atoms with Gasteiger partial charge in [0.25, 0.3) is 0 Å². The maximum atomic E-state index is 10.7. The van der Waals surface area contributed by atoms with Crippen LogP contribution in [0.3, 0.4) is 0 Å². The summed E-state index contributed by atoms with van der Waals surface area (Å²) in [4.78, 5) is 10.7. The van der Waals surface area contributed by atoms with Crippen molar-refractivity contribution in [2.45, 2.75) is 13.0 Å². The van der Waals surface area contributed by atoms with Crippen LogP contribution in [0.1, 0.15) is 17.3 Å². The van der Waals surface area contributed by atoms with Crippen LogP contribution in [0.4, 0.5) is 5.69 Å². The van der Waals surface area contributed by atoms with Gasteiger partial charge >= 0.3 is 0 Å². The second-order valence-corrected chi connectivity index (χ2v) is 3.39. The molecule has 2 N–H and O–H groups in total. The van der Waals surface area contributed by atoms with Gasteiger partial charge in [0.05, 0.1) is 6.61 Å². The zero-order valence-corrected chi connectivity index (χ0v) is 8.86. The zero-order valence-electron chi connectivity index (χ0n) is 8.86. The largest absolute Gasteiger partial charge is 0.508 e. The van der Waals surface area contributed by atoms with Crippen LogP contribution in [0.5, 0.6) is 5.75 Å². The van der Waals surface area contributed by atoms with Gasteiger partial charge in [-0.2, -0.15) is 0 Å². The zero-order chi connectivity index (χ0) is 11.3. The van der Waals surface area contributed by atoms with Gasteiger partial charge in [-0.15, -0.1) is 0 Å². The molecule has 0 bridgehead atoms. The Hall–Kier alpha value is -1.55. The summed E-state index contributed by atoms with van der Waals surface area (Å²) >= 11 is 0. The van der Waals surface area contributed by atoms with Crippen molar-refractivity contribution in [2.75, 3.05) is 19.0 Å². The molecular weight excluding hydrogens is 194 g/mol. The smallest absolute Gasteiger partial charge is 0.152 e. The lowest BCUT2D eigenvalue weighted by atomic mass is 10.1. The number of carbonyl (C=O) groups is 1. The fourth-order valence-electron chi connectivity index (χ4n) is 1.34. The monoisotopic (exact) mass is 209 g/mol. The average Bonchev–Trinajstić information content (AvgIpc) is 2.21. The van der Waals surface area contributed by atoms with Crippen LogP contribution in [0.2, 0.25) is 0 Å². The molecule has 1 aromatic carbocycles. The molecule has 1 aromatic rings. The summed E-state index contributed by atoms with van der Waals surface area (Å²) in [6.45, 7) is 2.50. The van der Waals surface area contributed by atoms with Crippen LogP contribution >= 0.6 is 0 Å². The number of rotatable bonds is 5. The number of anilines is 1. The summed E-state index contributed by atoms with van der Waals surface area (Å²) in [5.41, 5.74) is 1.14. The van der Waals surface area contributed by atoms with E-state index in [1.807, 2.05) is 6.92 Å². The molecule has 0 aromatic heterocycles. The first kappa shape index (κ1) is 11.5. The van der Waals surface area contributed by atoms with E-state index in [0.717, 1.165) is 0 Å². The minimum absolute atomic E-state index is 0.0852. The molecule has 0 unspecified atom stereocenters. The predicted molar refractivity (Wildman–Crippen MR) is 58.5 cm³/mol. The Bertz CT molecular complexity index is 339. The number of carbonyl (C=O) groups excluding carboxylic acids is 1. The van der Waals surface area contributed by atoms with E-state index in [2.05, 4.69) is 5.32 Å². The fraction of sp³-hybridized carbons (Fsp3) is 0.364. The molecule has 0 heterocycles. The van der Waals surface area contributed by atoms with Crippen LogP contribution in [-0.2, 0) is 4.74 Å². The van der Waals surface area contributed by atoms with E-state index in [1.54, 1.807) is 13.2 Å². The van der Waals surface area contributed by atoms with Gasteiger partial charge < -0.3 is 15.2 Å². The van der Waals surface area contributed by atoms with Crippen molar-refractivity contribution in [3.05, 3.63) is 23.8 Å². The predicted octanol–water partition coefficient (Wildman–Crippen LogP) is 1.65. The van der Waals surface area contributed by atoms with Crippen molar-refractivity contribution in [2.24, 2.45) is 0 Å². The Morgan fingerprint density at radius 2 is 2.33 bits per heavy atom. The molecular formula is C11H15NO3. The number of benzene rings is 1. The highest BCUT2D eigenvalue weighted by Gasteiger charge is 2.06. The summed E-state index contributed by atoms with van der Waals surface area (Å²) in [7, 11) is 1.62. The average molecular weight is 209 g/mol. The second kappa shape index (κ2) is 5.36. The fourth-order valence-corrected chi connectivity index (χ4v) is 1.34. The van der Waals surface area contributed by atoms with E-state index >= 15 is 0 Å². The summed E-state index contributed by atoms with van der Waals surface area (Å²) in [6.07, 6.45) is 0.710. The third-order valence-corrected chi connectivity index (χ3v) is 1.98.